The molecule has 0 amide bonds. The standard InChI is InChI=1S/C17H35N/c1-13(2,3)17(14(4,5)6)11-15(7,8)18-16(9,10)12-17/h18H,11-12H2,1-10H3. The minimum Gasteiger partial charge on any atom is -0.307 e. The van der Waals surface area contributed by atoms with E-state index in [4.69, 9.17) is 0 Å². The molecule has 0 spiro atoms. The van der Waals surface area contributed by atoms with Crippen molar-refractivity contribution in [2.75, 3.05) is 0 Å². The van der Waals surface area contributed by atoms with E-state index in [-0.39, 0.29) is 11.1 Å². The second-order valence-corrected chi connectivity index (χ2v) is 9.83. The zero-order valence-electron chi connectivity index (χ0n) is 14.4. The highest BCUT2D eigenvalue weighted by Crippen LogP contribution is 2.61. The molecule has 0 unspecified atom stereocenters. The van der Waals surface area contributed by atoms with Crippen molar-refractivity contribution in [3.05, 3.63) is 0 Å². The van der Waals surface area contributed by atoms with Crippen molar-refractivity contribution in [3.8, 4) is 0 Å². The second-order valence-electron chi connectivity index (χ2n) is 9.83. The van der Waals surface area contributed by atoms with Crippen LogP contribution in [0.1, 0.15) is 82.1 Å². The van der Waals surface area contributed by atoms with E-state index in [2.05, 4.69) is 74.6 Å². The van der Waals surface area contributed by atoms with Gasteiger partial charge in [0, 0.05) is 11.1 Å². The van der Waals surface area contributed by atoms with Gasteiger partial charge in [0.1, 0.15) is 0 Å². The largest absolute Gasteiger partial charge is 0.307 e. The van der Waals surface area contributed by atoms with Crippen LogP contribution in [0.2, 0.25) is 0 Å². The van der Waals surface area contributed by atoms with Gasteiger partial charge in [-0.05, 0) is 56.8 Å². The molecule has 108 valence electrons. The third kappa shape index (κ3) is 2.76. The molecule has 1 aliphatic heterocycles. The van der Waals surface area contributed by atoms with Crippen molar-refractivity contribution in [1.82, 2.24) is 5.32 Å². The zero-order valence-corrected chi connectivity index (χ0v) is 14.4. The van der Waals surface area contributed by atoms with E-state index >= 15 is 0 Å². The van der Waals surface area contributed by atoms with Crippen LogP contribution >= 0.6 is 0 Å². The van der Waals surface area contributed by atoms with Crippen molar-refractivity contribution in [2.45, 2.75) is 93.2 Å². The first kappa shape index (κ1) is 16.0. The summed E-state index contributed by atoms with van der Waals surface area (Å²) < 4.78 is 0. The van der Waals surface area contributed by atoms with Gasteiger partial charge in [-0.1, -0.05) is 41.5 Å². The van der Waals surface area contributed by atoms with E-state index in [0.717, 1.165) is 0 Å². The first-order valence-electron chi connectivity index (χ1n) is 7.41. The predicted octanol–water partition coefficient (Wildman–Crippen LogP) is 5.01. The van der Waals surface area contributed by atoms with Gasteiger partial charge in [-0.25, -0.2) is 0 Å². The van der Waals surface area contributed by atoms with Gasteiger partial charge in [0.15, 0.2) is 0 Å². The van der Waals surface area contributed by atoms with E-state index in [1.165, 1.54) is 12.8 Å². The Bertz CT molecular complexity index is 277. The molecular weight excluding hydrogens is 218 g/mol. The maximum absolute atomic E-state index is 3.83. The smallest absolute Gasteiger partial charge is 0.0135 e. The molecule has 0 radical (unpaired) electrons. The quantitative estimate of drug-likeness (QED) is 0.640. The monoisotopic (exact) mass is 253 g/mol. The Morgan fingerprint density at radius 2 is 0.944 bits per heavy atom. The maximum Gasteiger partial charge on any atom is 0.0135 e. The number of nitrogens with one attached hydrogen (secondary N) is 1. The molecule has 0 aromatic rings. The summed E-state index contributed by atoms with van der Waals surface area (Å²) in [7, 11) is 0. The van der Waals surface area contributed by atoms with Crippen molar-refractivity contribution in [1.29, 1.82) is 0 Å². The molecule has 0 atom stereocenters. The van der Waals surface area contributed by atoms with Crippen molar-refractivity contribution in [3.63, 3.8) is 0 Å². The summed E-state index contributed by atoms with van der Waals surface area (Å²) in [6, 6.07) is 0. The molecule has 1 fully saturated rings. The lowest BCUT2D eigenvalue weighted by Crippen LogP contribution is -2.66. The summed E-state index contributed by atoms with van der Waals surface area (Å²) in [4.78, 5) is 0. The third-order valence-electron chi connectivity index (χ3n) is 5.04. The lowest BCUT2D eigenvalue weighted by Gasteiger charge is -2.63. The van der Waals surface area contributed by atoms with E-state index in [9.17, 15) is 0 Å². The van der Waals surface area contributed by atoms with Crippen LogP contribution in [-0.2, 0) is 0 Å². The molecule has 1 heteroatoms. The Balaban J connectivity index is 3.36. The first-order valence-corrected chi connectivity index (χ1v) is 7.41. The highest BCUT2D eigenvalue weighted by Gasteiger charge is 2.57. The Labute approximate surface area is 115 Å². The molecular formula is C17H35N. The van der Waals surface area contributed by atoms with E-state index < -0.39 is 0 Å². The molecule has 1 rings (SSSR count). The van der Waals surface area contributed by atoms with Crippen molar-refractivity contribution < 1.29 is 0 Å². The summed E-state index contributed by atoms with van der Waals surface area (Å²) in [5, 5.41) is 3.83. The third-order valence-corrected chi connectivity index (χ3v) is 5.04. The van der Waals surface area contributed by atoms with Gasteiger partial charge in [-0.3, -0.25) is 0 Å². The number of piperidine rings is 1. The fourth-order valence-corrected chi connectivity index (χ4v) is 4.76. The SMILES string of the molecule is CC1(C)CC(C(C)(C)C)(C(C)(C)C)CC(C)(C)N1. The van der Waals surface area contributed by atoms with Crippen molar-refractivity contribution in [2.24, 2.45) is 16.2 Å². The molecule has 0 saturated carbocycles. The first-order chi connectivity index (χ1) is 7.62. The van der Waals surface area contributed by atoms with Crippen LogP contribution in [0, 0.1) is 16.2 Å². The molecule has 1 heterocycles. The van der Waals surface area contributed by atoms with Crippen LogP contribution < -0.4 is 5.32 Å². The van der Waals surface area contributed by atoms with E-state index in [0.29, 0.717) is 16.2 Å². The highest BCUT2D eigenvalue weighted by atomic mass is 15.1. The van der Waals surface area contributed by atoms with Gasteiger partial charge in [0.25, 0.3) is 0 Å². The van der Waals surface area contributed by atoms with E-state index in [1.807, 2.05) is 0 Å². The van der Waals surface area contributed by atoms with Crippen LogP contribution in [0.25, 0.3) is 0 Å². The average Bonchev–Trinajstić information content (AvgIpc) is 1.92. The Hall–Kier alpha value is -0.0400. The average molecular weight is 253 g/mol. The minimum absolute atomic E-state index is 0.211. The van der Waals surface area contributed by atoms with Gasteiger partial charge in [-0.2, -0.15) is 0 Å². The van der Waals surface area contributed by atoms with Gasteiger partial charge in [-0.15, -0.1) is 0 Å². The van der Waals surface area contributed by atoms with Crippen LogP contribution in [0.5, 0.6) is 0 Å². The van der Waals surface area contributed by atoms with Gasteiger partial charge < -0.3 is 5.32 Å². The van der Waals surface area contributed by atoms with Crippen LogP contribution in [0.15, 0.2) is 0 Å². The van der Waals surface area contributed by atoms with Crippen LogP contribution in [0.3, 0.4) is 0 Å². The second kappa shape index (κ2) is 3.98. The number of hydrogen-bond acceptors (Lipinski definition) is 1. The molecule has 18 heavy (non-hydrogen) atoms. The molecule has 0 aromatic carbocycles. The number of rotatable bonds is 0. The molecule has 1 N–H and O–H groups in total. The lowest BCUT2D eigenvalue weighted by molar-refractivity contribution is -0.112. The maximum atomic E-state index is 3.83. The molecule has 1 saturated heterocycles. The minimum atomic E-state index is 0.211. The Kier molecular flexibility index (Phi) is 3.54. The summed E-state index contributed by atoms with van der Waals surface area (Å²) in [5.41, 5.74) is 1.42. The summed E-state index contributed by atoms with van der Waals surface area (Å²) >= 11 is 0. The molecule has 1 aliphatic rings. The van der Waals surface area contributed by atoms with E-state index in [1.54, 1.807) is 0 Å². The predicted molar refractivity (Wildman–Crippen MR) is 81.9 cm³/mol. The summed E-state index contributed by atoms with van der Waals surface area (Å²) in [6.45, 7) is 24.0. The zero-order chi connectivity index (χ0) is 14.6. The molecule has 0 aromatic heterocycles. The van der Waals surface area contributed by atoms with Gasteiger partial charge in [0.2, 0.25) is 0 Å². The van der Waals surface area contributed by atoms with Crippen molar-refractivity contribution >= 4 is 0 Å². The normalized spacial score (nSPS) is 27.0. The fraction of sp³-hybridized carbons (Fsp3) is 1.00. The molecule has 1 nitrogen and oxygen atoms in total. The molecule has 0 bridgehead atoms. The lowest BCUT2D eigenvalue weighted by atomic mass is 9.46. The summed E-state index contributed by atoms with van der Waals surface area (Å²) in [5.74, 6) is 0. The Morgan fingerprint density at radius 1 is 0.667 bits per heavy atom. The van der Waals surface area contributed by atoms with Crippen LogP contribution in [-0.4, -0.2) is 11.1 Å². The Morgan fingerprint density at radius 3 is 1.17 bits per heavy atom. The topological polar surface area (TPSA) is 12.0 Å². The number of hydrogen-bond donors (Lipinski definition) is 1. The highest BCUT2D eigenvalue weighted by molar-refractivity contribution is 5.11. The van der Waals surface area contributed by atoms with Gasteiger partial charge in [0.05, 0.1) is 0 Å². The van der Waals surface area contributed by atoms with Crippen LogP contribution in [0.4, 0.5) is 0 Å². The summed E-state index contributed by atoms with van der Waals surface area (Å²) in [6.07, 6.45) is 2.49. The van der Waals surface area contributed by atoms with Gasteiger partial charge >= 0.3 is 0 Å². The fourth-order valence-electron chi connectivity index (χ4n) is 4.76. The molecule has 0 aliphatic carbocycles.